The van der Waals surface area contributed by atoms with Gasteiger partial charge in [-0.1, -0.05) is 27.7 Å². The Labute approximate surface area is 288 Å². The van der Waals surface area contributed by atoms with Gasteiger partial charge in [0, 0.05) is 0 Å². The van der Waals surface area contributed by atoms with E-state index in [1.165, 1.54) is 90.6 Å². The summed E-state index contributed by atoms with van der Waals surface area (Å²) in [6.45, 7) is 26.2. The summed E-state index contributed by atoms with van der Waals surface area (Å²) in [4.78, 5) is 0. The first-order valence-corrected chi connectivity index (χ1v) is 28.5. The molecule has 0 aromatic heterocycles. The van der Waals surface area contributed by atoms with E-state index in [1.54, 1.807) is 0 Å². The molecular weight excluding hydrogens is 957 g/mol. The molecule has 6 heteroatoms. The zero-order valence-corrected chi connectivity index (χ0v) is 38.6. The quantitative estimate of drug-likeness (QED) is 0.168. The van der Waals surface area contributed by atoms with Crippen molar-refractivity contribution in [1.82, 2.24) is 0 Å². The van der Waals surface area contributed by atoms with Crippen LogP contribution in [0.1, 0.15) is 81.1 Å². The van der Waals surface area contributed by atoms with Gasteiger partial charge >= 0.3 is 83.2 Å². The molecule has 0 heterocycles. The second-order valence-electron chi connectivity index (χ2n) is 9.57. The minimum absolute atomic E-state index is 0. The molecule has 0 saturated heterocycles. The summed E-state index contributed by atoms with van der Waals surface area (Å²) in [7, 11) is 0. The van der Waals surface area contributed by atoms with Crippen LogP contribution in [0.2, 0.25) is 26.2 Å². The molecule has 0 aliphatic heterocycles. The molecule has 0 radical (unpaired) electrons. The van der Waals surface area contributed by atoms with Gasteiger partial charge in [0.25, 0.3) is 0 Å². The molecule has 38 heavy (non-hydrogen) atoms. The Morgan fingerprint density at radius 2 is 0.579 bits per heavy atom. The number of rotatable bonds is 0. The number of hydrogen-bond donors (Lipinski definition) is 0. The van der Waals surface area contributed by atoms with E-state index < -0.39 is 0 Å². The van der Waals surface area contributed by atoms with E-state index in [1.807, 2.05) is 0 Å². The first-order valence-electron chi connectivity index (χ1n) is 12.7. The molecule has 4 aliphatic rings. The molecule has 4 aliphatic carbocycles. The van der Waals surface area contributed by atoms with Crippen molar-refractivity contribution >= 4 is 45.0 Å². The first kappa shape index (κ1) is 46.0. The summed E-state index contributed by atoms with van der Waals surface area (Å²) < 4.78 is 0. The van der Waals surface area contributed by atoms with Gasteiger partial charge in [0.1, 0.15) is 0 Å². The Kier molecular flexibility index (Phi) is 34.1. The third-order valence-corrected chi connectivity index (χ3v) is 5.47. The first-order chi connectivity index (χ1) is 16.7. The van der Waals surface area contributed by atoms with Gasteiger partial charge in [-0.2, -0.15) is 24.3 Å². The van der Waals surface area contributed by atoms with Crippen LogP contribution in [0.4, 0.5) is 0 Å². The van der Waals surface area contributed by atoms with Crippen molar-refractivity contribution in [3.8, 4) is 0 Å². The van der Waals surface area contributed by atoms with E-state index in [0.29, 0.717) is 0 Å². The Balaban J connectivity index is -0.000000184. The van der Waals surface area contributed by atoms with Crippen molar-refractivity contribution in [2.24, 2.45) is 0 Å². The predicted molar refractivity (Wildman–Crippen MR) is 179 cm³/mol. The van der Waals surface area contributed by atoms with Gasteiger partial charge in [-0.25, -0.2) is 44.6 Å². The molecule has 0 N–H and O–H groups in total. The fraction of sp³-hybridized carbons (Fsp3) is 0.500. The van der Waals surface area contributed by atoms with Gasteiger partial charge in [0.15, 0.2) is 0 Å². The SMILES string of the molecule is Br.Br.CC1=[C-]CC=C1C.CC1=[C-]CC=C1C.CC1=[C-]CC=C1C.CC1=[C-]CC=C1C.C[Si](C)=[Hf+2].C[Si](C)=[Hf+2]. The van der Waals surface area contributed by atoms with E-state index >= 15 is 0 Å². The number of allylic oxidation sites excluding steroid dienone is 16. The van der Waals surface area contributed by atoms with Gasteiger partial charge < -0.3 is 0 Å². The molecule has 0 atom stereocenters. The van der Waals surface area contributed by atoms with Crippen LogP contribution in [0.3, 0.4) is 0 Å². The zero-order chi connectivity index (χ0) is 28.3. The summed E-state index contributed by atoms with van der Waals surface area (Å²) in [5, 5.41) is 0. The van der Waals surface area contributed by atoms with Crippen molar-refractivity contribution in [3.05, 3.63) is 93.2 Å². The Bertz CT molecular complexity index is 769. The molecule has 0 aromatic carbocycles. The number of hydrogen-bond acceptors (Lipinski definition) is 0. The van der Waals surface area contributed by atoms with Crippen LogP contribution in [0, 0.1) is 24.3 Å². The van der Waals surface area contributed by atoms with Crippen LogP contribution < -0.4 is 0 Å². The van der Waals surface area contributed by atoms with Crippen molar-refractivity contribution in [2.75, 3.05) is 0 Å². The third kappa shape index (κ3) is 28.6. The summed E-state index contributed by atoms with van der Waals surface area (Å²) in [6.07, 6.45) is 25.6. The van der Waals surface area contributed by atoms with Crippen molar-refractivity contribution in [1.29, 1.82) is 0 Å². The minimum atomic E-state index is 0. The molecule has 0 aromatic rings. The maximum absolute atomic E-state index is 3.19. The van der Waals surface area contributed by atoms with Crippen LogP contribution in [-0.2, 0) is 46.0 Å². The van der Waals surface area contributed by atoms with Gasteiger partial charge in [-0.3, -0.25) is 24.3 Å². The van der Waals surface area contributed by atoms with E-state index in [4.69, 9.17) is 0 Å². The Morgan fingerprint density at radius 1 is 0.447 bits per heavy atom. The van der Waals surface area contributed by atoms with Gasteiger partial charge in [0.05, 0.1) is 0 Å². The van der Waals surface area contributed by atoms with E-state index in [9.17, 15) is 0 Å². The number of halogens is 2. The molecule has 0 nitrogen and oxygen atoms in total. The van der Waals surface area contributed by atoms with Gasteiger partial charge in [-0.05, 0) is 0 Å². The normalized spacial score (nSPS) is 15.6. The molecule has 0 unspecified atom stereocenters. The van der Waals surface area contributed by atoms with Crippen LogP contribution in [0.5, 0.6) is 0 Å². The van der Waals surface area contributed by atoms with Crippen LogP contribution in [0.25, 0.3) is 0 Å². The summed E-state index contributed by atoms with van der Waals surface area (Å²) in [5.74, 6) is 0. The topological polar surface area (TPSA) is 0 Å². The van der Waals surface area contributed by atoms with E-state index in [0.717, 1.165) is 25.7 Å². The van der Waals surface area contributed by atoms with E-state index in [-0.39, 0.29) is 45.0 Å². The summed E-state index contributed by atoms with van der Waals surface area (Å²) in [6, 6.07) is 0. The fourth-order valence-corrected chi connectivity index (χ4v) is 2.60. The molecular formula is C32H50Br2Hf2Si2. The Morgan fingerprint density at radius 3 is 0.605 bits per heavy atom. The zero-order valence-electron chi connectivity index (χ0n) is 26.0. The Hall–Kier alpha value is 1.05. The molecule has 0 bridgehead atoms. The molecule has 0 saturated carbocycles. The van der Waals surface area contributed by atoms with Gasteiger partial charge in [-0.15, -0.1) is 87.3 Å². The third-order valence-electron chi connectivity index (χ3n) is 5.47. The molecule has 0 fully saturated rings. The molecule has 0 amide bonds. The molecule has 4 rings (SSSR count). The van der Waals surface area contributed by atoms with E-state index in [2.05, 4.69) is 130 Å². The molecule has 0 spiro atoms. The monoisotopic (exact) mass is 1010 g/mol. The second-order valence-corrected chi connectivity index (χ2v) is 35.1. The van der Waals surface area contributed by atoms with Gasteiger partial charge in [0.2, 0.25) is 0 Å². The summed E-state index contributed by atoms with van der Waals surface area (Å²) in [5.41, 5.74) is 11.4. The average Bonchev–Trinajstić information content (AvgIpc) is 3.53. The van der Waals surface area contributed by atoms with Crippen molar-refractivity contribution < 1.29 is 46.0 Å². The van der Waals surface area contributed by atoms with Crippen LogP contribution in [0.15, 0.2) is 68.9 Å². The van der Waals surface area contributed by atoms with Crippen LogP contribution >= 0.6 is 34.0 Å². The second kappa shape index (κ2) is 28.2. The molecule has 208 valence electrons. The predicted octanol–water partition coefficient (Wildman–Crippen LogP) is 11.1. The maximum atomic E-state index is 3.19. The van der Waals surface area contributed by atoms with Crippen LogP contribution in [-0.4, -0.2) is 11.0 Å². The average molecular weight is 1010 g/mol. The fourth-order valence-electron chi connectivity index (χ4n) is 2.60. The van der Waals surface area contributed by atoms with Crippen molar-refractivity contribution in [3.63, 3.8) is 0 Å². The standard InChI is InChI=1S/4C7H9.2C2H6Si.2BrH.2Hf/c4*1-6-4-3-5-7(6)2;2*1-3-2;;;;/h4*4H,3H2,1-2H3;2*1-2H3;2*1H;;/q4*-1;;;;;2*+2. The summed E-state index contributed by atoms with van der Waals surface area (Å²) >= 11 is 2.90. The van der Waals surface area contributed by atoms with Crippen molar-refractivity contribution in [2.45, 2.75) is 107 Å².